The van der Waals surface area contributed by atoms with Crippen LogP contribution in [0.15, 0.2) is 78.9 Å². The smallest absolute Gasteiger partial charge is 0.407 e. The molecule has 3 aliphatic carbocycles. The number of benzene rings is 3. The molecule has 3 aromatic carbocycles. The number of ether oxygens (including phenoxy) is 2. The maximum atomic E-state index is 13.1. The molecule has 4 unspecified atom stereocenters. The average Bonchev–Trinajstić information content (AvgIpc) is 3.51. The zero-order valence-electron chi connectivity index (χ0n) is 23.6. The van der Waals surface area contributed by atoms with E-state index < -0.39 is 24.2 Å². The van der Waals surface area contributed by atoms with E-state index in [-0.39, 0.29) is 42.9 Å². The van der Waals surface area contributed by atoms with Gasteiger partial charge in [-0.05, 0) is 65.8 Å². The van der Waals surface area contributed by atoms with E-state index in [0.29, 0.717) is 18.8 Å². The van der Waals surface area contributed by atoms with E-state index in [9.17, 15) is 19.5 Å². The summed E-state index contributed by atoms with van der Waals surface area (Å²) in [5.74, 6) is -1.19. The number of fused-ring (bicyclic) bond motifs is 4. The molecule has 3 aliphatic rings. The van der Waals surface area contributed by atoms with Crippen molar-refractivity contribution in [2.24, 2.45) is 17.8 Å². The van der Waals surface area contributed by atoms with Crippen LogP contribution in [-0.4, -0.2) is 47.9 Å². The summed E-state index contributed by atoms with van der Waals surface area (Å²) >= 11 is 0. The van der Waals surface area contributed by atoms with Crippen molar-refractivity contribution in [3.8, 4) is 11.1 Å². The molecule has 0 radical (unpaired) electrons. The lowest BCUT2D eigenvalue weighted by Crippen LogP contribution is -2.50. The largest absolute Gasteiger partial charge is 0.480 e. The molecule has 2 amide bonds. The summed E-state index contributed by atoms with van der Waals surface area (Å²) in [4.78, 5) is 37.8. The van der Waals surface area contributed by atoms with Crippen molar-refractivity contribution in [1.29, 1.82) is 0 Å². The molecule has 6 rings (SSSR count). The first kappa shape index (κ1) is 28.0. The molecule has 2 saturated carbocycles. The number of rotatable bonds is 10. The van der Waals surface area contributed by atoms with Crippen LogP contribution >= 0.6 is 0 Å². The van der Waals surface area contributed by atoms with Crippen LogP contribution < -0.4 is 10.6 Å². The van der Waals surface area contributed by atoms with Gasteiger partial charge in [-0.15, -0.1) is 0 Å². The van der Waals surface area contributed by atoms with Crippen molar-refractivity contribution in [2.45, 2.75) is 56.9 Å². The Labute approximate surface area is 245 Å². The third-order valence-corrected chi connectivity index (χ3v) is 9.23. The van der Waals surface area contributed by atoms with Crippen LogP contribution in [0.25, 0.3) is 11.1 Å². The van der Waals surface area contributed by atoms with Crippen molar-refractivity contribution in [1.82, 2.24) is 10.6 Å². The Morgan fingerprint density at radius 1 is 0.881 bits per heavy atom. The Morgan fingerprint density at radius 3 is 2.19 bits per heavy atom. The van der Waals surface area contributed by atoms with E-state index in [1.165, 1.54) is 22.3 Å². The van der Waals surface area contributed by atoms with Gasteiger partial charge in [-0.3, -0.25) is 4.79 Å². The number of carbonyl (C=O) groups is 3. The quantitative estimate of drug-likeness (QED) is 0.313. The Morgan fingerprint density at radius 2 is 1.52 bits per heavy atom. The first-order valence-electron chi connectivity index (χ1n) is 14.7. The third-order valence-electron chi connectivity index (χ3n) is 9.23. The Bertz CT molecular complexity index is 1410. The number of carboxylic acid groups (broad SMARTS) is 1. The predicted molar refractivity (Wildman–Crippen MR) is 157 cm³/mol. The summed E-state index contributed by atoms with van der Waals surface area (Å²) in [7, 11) is 0. The van der Waals surface area contributed by atoms with E-state index in [0.717, 1.165) is 12.0 Å². The Kier molecular flexibility index (Phi) is 7.98. The fraction of sp³-hybridized carbons (Fsp3) is 0.382. The van der Waals surface area contributed by atoms with Crippen LogP contribution in [0.5, 0.6) is 0 Å². The van der Waals surface area contributed by atoms with Crippen LogP contribution in [0.4, 0.5) is 4.79 Å². The van der Waals surface area contributed by atoms with E-state index >= 15 is 0 Å². The molecule has 0 saturated heterocycles. The highest BCUT2D eigenvalue weighted by Crippen LogP contribution is 2.50. The van der Waals surface area contributed by atoms with E-state index in [2.05, 4.69) is 34.9 Å². The minimum absolute atomic E-state index is 0.00177. The number of aliphatic carboxylic acids is 1. The number of hydrogen-bond donors (Lipinski definition) is 3. The summed E-state index contributed by atoms with van der Waals surface area (Å²) in [5, 5.41) is 15.5. The van der Waals surface area contributed by atoms with Gasteiger partial charge in [0.25, 0.3) is 0 Å². The Hall–Kier alpha value is -4.17. The van der Waals surface area contributed by atoms with Crippen LogP contribution in [0.1, 0.15) is 48.8 Å². The van der Waals surface area contributed by atoms with E-state index in [1.807, 2.05) is 54.6 Å². The molecule has 0 heterocycles. The second kappa shape index (κ2) is 12.0. The molecule has 8 heteroatoms. The fourth-order valence-electron chi connectivity index (χ4n) is 6.95. The average molecular weight is 569 g/mol. The minimum Gasteiger partial charge on any atom is -0.480 e. The van der Waals surface area contributed by atoms with Crippen LogP contribution in [-0.2, 0) is 25.7 Å². The molecular weight excluding hydrogens is 532 g/mol. The molecule has 0 bridgehead atoms. The maximum Gasteiger partial charge on any atom is 0.407 e. The molecule has 8 nitrogen and oxygen atoms in total. The third kappa shape index (κ3) is 5.63. The van der Waals surface area contributed by atoms with Gasteiger partial charge in [0.05, 0.1) is 12.7 Å². The topological polar surface area (TPSA) is 114 Å². The number of nitrogens with one attached hydrogen (secondary N) is 2. The standard InChI is InChI=1S/C34H36N2O6/c1-20(41-18-21-9-3-2-4-10-21)31(33(38)39)36-32(37)23-15-22-17-30(28(22)16-23)35-34(40)42-19-29-26-13-7-5-11-24(26)25-12-6-8-14-27(25)29/h2-14,20,22-23,28-31H,15-19H2,1H3,(H,35,40)(H,36,37)(H,38,39)/t20-,22?,23?,28?,30?,31+/m0/s1. The summed E-state index contributed by atoms with van der Waals surface area (Å²) in [6.07, 6.45) is 0.940. The molecule has 2 fully saturated rings. The molecular formula is C34H36N2O6. The van der Waals surface area contributed by atoms with Gasteiger partial charge in [0.15, 0.2) is 6.04 Å². The summed E-state index contributed by atoms with van der Waals surface area (Å²) < 4.78 is 11.5. The van der Waals surface area contributed by atoms with Gasteiger partial charge in [-0.1, -0.05) is 78.9 Å². The second-order valence-corrected chi connectivity index (χ2v) is 11.7. The van der Waals surface area contributed by atoms with Gasteiger partial charge in [-0.2, -0.15) is 0 Å². The van der Waals surface area contributed by atoms with E-state index in [1.54, 1.807) is 6.92 Å². The van der Waals surface area contributed by atoms with Gasteiger partial charge in [-0.25, -0.2) is 9.59 Å². The first-order valence-corrected chi connectivity index (χ1v) is 14.7. The zero-order valence-corrected chi connectivity index (χ0v) is 23.6. The van der Waals surface area contributed by atoms with Gasteiger partial charge in [0, 0.05) is 17.9 Å². The highest BCUT2D eigenvalue weighted by Gasteiger charge is 2.50. The van der Waals surface area contributed by atoms with Crippen LogP contribution in [0, 0.1) is 17.8 Å². The normalized spacial score (nSPS) is 23.5. The number of alkyl carbamates (subject to hydrolysis) is 1. The van der Waals surface area contributed by atoms with Gasteiger partial charge in [0.1, 0.15) is 6.61 Å². The summed E-state index contributed by atoms with van der Waals surface area (Å²) in [6.45, 7) is 2.18. The summed E-state index contributed by atoms with van der Waals surface area (Å²) in [6, 6.07) is 24.8. The fourth-order valence-corrected chi connectivity index (χ4v) is 6.95. The van der Waals surface area contributed by atoms with Gasteiger partial charge >= 0.3 is 12.1 Å². The molecule has 0 spiro atoms. The van der Waals surface area contributed by atoms with Crippen LogP contribution in [0.3, 0.4) is 0 Å². The monoisotopic (exact) mass is 568 g/mol. The molecule has 0 aromatic heterocycles. The lowest BCUT2D eigenvalue weighted by molar-refractivity contribution is -0.147. The number of carbonyl (C=O) groups excluding carboxylic acids is 2. The van der Waals surface area contributed by atoms with Crippen molar-refractivity contribution >= 4 is 18.0 Å². The first-order chi connectivity index (χ1) is 20.4. The maximum absolute atomic E-state index is 13.1. The zero-order chi connectivity index (χ0) is 29.2. The highest BCUT2D eigenvalue weighted by atomic mass is 16.5. The van der Waals surface area contributed by atoms with Crippen molar-refractivity contribution < 1.29 is 29.0 Å². The van der Waals surface area contributed by atoms with Crippen LogP contribution in [0.2, 0.25) is 0 Å². The van der Waals surface area contributed by atoms with E-state index in [4.69, 9.17) is 9.47 Å². The second-order valence-electron chi connectivity index (χ2n) is 11.7. The lowest BCUT2D eigenvalue weighted by Gasteiger charge is -2.40. The molecule has 218 valence electrons. The predicted octanol–water partition coefficient (Wildman–Crippen LogP) is 5.11. The van der Waals surface area contributed by atoms with Gasteiger partial charge < -0.3 is 25.2 Å². The highest BCUT2D eigenvalue weighted by molar-refractivity contribution is 5.85. The lowest BCUT2D eigenvalue weighted by atomic mass is 9.71. The van der Waals surface area contributed by atoms with Crippen molar-refractivity contribution in [3.63, 3.8) is 0 Å². The number of hydrogen-bond acceptors (Lipinski definition) is 5. The minimum atomic E-state index is -1.14. The molecule has 0 aliphatic heterocycles. The summed E-state index contributed by atoms with van der Waals surface area (Å²) in [5.41, 5.74) is 5.63. The molecule has 3 aromatic rings. The molecule has 6 atom stereocenters. The number of amides is 2. The van der Waals surface area contributed by atoms with Crippen molar-refractivity contribution in [2.75, 3.05) is 6.61 Å². The van der Waals surface area contributed by atoms with Crippen molar-refractivity contribution in [3.05, 3.63) is 95.6 Å². The number of carboxylic acids is 1. The van der Waals surface area contributed by atoms with Gasteiger partial charge in [0.2, 0.25) is 5.91 Å². The molecule has 3 N–H and O–H groups in total. The molecule has 42 heavy (non-hydrogen) atoms. The Balaban J connectivity index is 0.985. The SMILES string of the molecule is C[C@H](OCc1ccccc1)[C@@H](NC(=O)C1CC2CC(NC(=O)OCC3c4ccccc4-c4ccccc43)C2C1)C(=O)O.